The molecule has 4 nitrogen and oxygen atoms in total. The molecule has 0 spiro atoms. The molecule has 1 aromatic carbocycles. The minimum atomic E-state index is -2.37. The first-order valence-electron chi connectivity index (χ1n) is 12.6. The Morgan fingerprint density at radius 3 is 2.26 bits per heavy atom. The van der Waals surface area contributed by atoms with Gasteiger partial charge < -0.3 is 9.47 Å². The van der Waals surface area contributed by atoms with Crippen LogP contribution in [0.3, 0.4) is 0 Å². The van der Waals surface area contributed by atoms with Crippen LogP contribution >= 0.6 is 0 Å². The average Bonchev–Trinajstić information content (AvgIpc) is 2.79. The van der Waals surface area contributed by atoms with Crippen molar-refractivity contribution in [2.24, 2.45) is 5.41 Å². The molecule has 0 unspecified atom stereocenters. The van der Waals surface area contributed by atoms with E-state index in [9.17, 15) is 8.42 Å². The molecule has 0 N–H and O–H groups in total. The van der Waals surface area contributed by atoms with Crippen LogP contribution in [0.4, 0.5) is 0 Å². The molecular formula is C30H42O4S. The van der Waals surface area contributed by atoms with Crippen LogP contribution in [0.5, 0.6) is 0 Å². The third kappa shape index (κ3) is 7.89. The maximum absolute atomic E-state index is 12.2. The van der Waals surface area contributed by atoms with Gasteiger partial charge in [0.2, 0.25) is 16.1 Å². The lowest BCUT2D eigenvalue weighted by Crippen LogP contribution is -2.32. The minimum Gasteiger partial charge on any atom is -0.343 e. The maximum Gasteiger partial charge on any atom is 0.217 e. The Labute approximate surface area is 214 Å². The van der Waals surface area contributed by atoms with E-state index in [0.717, 1.165) is 17.6 Å². The quantitative estimate of drug-likeness (QED) is 0.139. The smallest absolute Gasteiger partial charge is 0.217 e. The number of ether oxygens (including phenoxy) is 2. The Balaban J connectivity index is 2.36. The molecule has 5 heteroatoms. The normalized spacial score (nSPS) is 17.2. The molecule has 0 aromatic heterocycles. The molecule has 0 saturated carbocycles. The van der Waals surface area contributed by atoms with Crippen LogP contribution in [0.1, 0.15) is 79.7 Å². The Hall–Kier alpha value is -2.21. The number of hydrogen-bond acceptors (Lipinski definition) is 4. The second-order valence-corrected chi connectivity index (χ2v) is 10.8. The molecular weight excluding hydrogens is 456 g/mol. The van der Waals surface area contributed by atoms with Crippen molar-refractivity contribution in [3.05, 3.63) is 82.5 Å². The van der Waals surface area contributed by atoms with Crippen molar-refractivity contribution in [3.8, 4) is 0 Å². The second kappa shape index (κ2) is 13.2. The lowest BCUT2D eigenvalue weighted by molar-refractivity contribution is -0.207. The zero-order valence-electron chi connectivity index (χ0n) is 22.5. The first-order chi connectivity index (χ1) is 16.6. The number of rotatable bonds is 11. The summed E-state index contributed by atoms with van der Waals surface area (Å²) in [6.07, 6.45) is 11.9. The predicted octanol–water partition coefficient (Wildman–Crippen LogP) is 7.33. The summed E-state index contributed by atoms with van der Waals surface area (Å²) >= 11 is 0. The van der Waals surface area contributed by atoms with Crippen LogP contribution in [0.15, 0.2) is 76.9 Å². The number of benzene rings is 1. The van der Waals surface area contributed by atoms with Gasteiger partial charge >= 0.3 is 0 Å². The van der Waals surface area contributed by atoms with E-state index in [1.807, 2.05) is 57.2 Å². The van der Waals surface area contributed by atoms with Gasteiger partial charge in [-0.25, -0.2) is 0 Å². The summed E-state index contributed by atoms with van der Waals surface area (Å²) in [5.41, 5.74) is 5.49. The highest BCUT2D eigenvalue weighted by atomic mass is 32.2. The summed E-state index contributed by atoms with van der Waals surface area (Å²) in [5.74, 6) is -1.14. The van der Waals surface area contributed by atoms with Crippen molar-refractivity contribution in [1.29, 1.82) is 0 Å². The molecule has 0 aliphatic heterocycles. The molecule has 0 radical (unpaired) electrons. The zero-order chi connectivity index (χ0) is 26.1. The molecule has 192 valence electrons. The summed E-state index contributed by atoms with van der Waals surface area (Å²) in [6.45, 7) is 15.3. The highest BCUT2D eigenvalue weighted by molar-refractivity contribution is 7.73. The first kappa shape index (κ1) is 29.0. The highest BCUT2D eigenvalue weighted by Gasteiger charge is 2.32. The van der Waals surface area contributed by atoms with E-state index in [1.54, 1.807) is 13.0 Å². The topological polar surface area (TPSA) is 52.6 Å². The summed E-state index contributed by atoms with van der Waals surface area (Å²) in [6, 6.07) is 9.64. The minimum absolute atomic E-state index is 0.172. The molecule has 1 aliphatic carbocycles. The van der Waals surface area contributed by atoms with Crippen LogP contribution in [0.2, 0.25) is 0 Å². The fourth-order valence-corrected chi connectivity index (χ4v) is 5.29. The van der Waals surface area contributed by atoms with Crippen molar-refractivity contribution in [1.82, 2.24) is 0 Å². The Morgan fingerprint density at radius 1 is 1.09 bits per heavy atom. The average molecular weight is 499 g/mol. The lowest BCUT2D eigenvalue weighted by atomic mass is 9.72. The van der Waals surface area contributed by atoms with E-state index >= 15 is 0 Å². The molecule has 0 saturated heterocycles. The van der Waals surface area contributed by atoms with E-state index in [2.05, 4.69) is 32.9 Å². The van der Waals surface area contributed by atoms with Crippen molar-refractivity contribution in [2.75, 3.05) is 13.2 Å². The van der Waals surface area contributed by atoms with Gasteiger partial charge in [0.25, 0.3) is 0 Å². The lowest BCUT2D eigenvalue weighted by Gasteiger charge is -2.33. The fraction of sp³-hybridized carbons (Fsp3) is 0.500. The standard InChI is InChI=1S/C30H42O4S/c1-8-33-30(34-9-2,26-15-11-10-12-16-26)22-25(5)28(35(31)32)20-18-23(3)17-19-27-24(4)14-13-21-29(27,6)7/h10-12,15-19,22H,8-9,13-14,20-21H2,1-7H3. The first-order valence-corrected chi connectivity index (χ1v) is 13.7. The molecule has 0 amide bonds. The van der Waals surface area contributed by atoms with Crippen LogP contribution in [0.25, 0.3) is 0 Å². The third-order valence-electron chi connectivity index (χ3n) is 6.61. The predicted molar refractivity (Wildman–Crippen MR) is 147 cm³/mol. The molecule has 1 aromatic rings. The van der Waals surface area contributed by atoms with E-state index < -0.39 is 16.1 Å². The van der Waals surface area contributed by atoms with Crippen molar-refractivity contribution < 1.29 is 17.9 Å². The molecule has 0 bridgehead atoms. The van der Waals surface area contributed by atoms with Crippen LogP contribution < -0.4 is 0 Å². The Kier molecular flexibility index (Phi) is 10.9. The Morgan fingerprint density at radius 2 is 1.71 bits per heavy atom. The van der Waals surface area contributed by atoms with Gasteiger partial charge in [0, 0.05) is 25.2 Å². The van der Waals surface area contributed by atoms with E-state index in [-0.39, 0.29) is 5.41 Å². The van der Waals surface area contributed by atoms with Crippen LogP contribution in [-0.2, 0) is 25.6 Å². The second-order valence-electron chi connectivity index (χ2n) is 9.80. The summed E-state index contributed by atoms with van der Waals surface area (Å²) in [5, 5.41) is 0. The van der Waals surface area contributed by atoms with Crippen LogP contribution in [-0.4, -0.2) is 26.5 Å². The van der Waals surface area contributed by atoms with Gasteiger partial charge in [-0.1, -0.05) is 73.6 Å². The van der Waals surface area contributed by atoms with Crippen molar-refractivity contribution in [2.45, 2.75) is 79.9 Å². The largest absolute Gasteiger partial charge is 0.343 e. The van der Waals surface area contributed by atoms with Gasteiger partial charge in [0.15, 0.2) is 0 Å². The van der Waals surface area contributed by atoms with Gasteiger partial charge in [-0.2, -0.15) is 8.42 Å². The summed E-state index contributed by atoms with van der Waals surface area (Å²) < 4.78 is 36.6. The van der Waals surface area contributed by atoms with Gasteiger partial charge in [-0.3, -0.25) is 0 Å². The number of hydrogen-bond donors (Lipinski definition) is 0. The van der Waals surface area contributed by atoms with E-state index in [0.29, 0.717) is 30.1 Å². The fourth-order valence-electron chi connectivity index (χ4n) is 4.75. The molecule has 35 heavy (non-hydrogen) atoms. The third-order valence-corrected chi connectivity index (χ3v) is 7.50. The van der Waals surface area contributed by atoms with E-state index in [4.69, 9.17) is 9.47 Å². The van der Waals surface area contributed by atoms with Gasteiger partial charge in [0.05, 0.1) is 4.86 Å². The van der Waals surface area contributed by atoms with Gasteiger partial charge in [-0.05, 0) is 76.5 Å². The SMILES string of the molecule is CCOC(C=C(C)C(CC=C(C)C=CC1=C(C)CCCC1(C)C)=S(=O)=O)(OCC)c1ccccc1. The zero-order valence-corrected chi connectivity index (χ0v) is 23.3. The maximum atomic E-state index is 12.2. The number of allylic oxidation sites excluding steroid dienone is 7. The van der Waals surface area contributed by atoms with E-state index in [1.165, 1.54) is 24.0 Å². The molecule has 0 atom stereocenters. The monoisotopic (exact) mass is 498 g/mol. The van der Waals surface area contributed by atoms with Gasteiger partial charge in [-0.15, -0.1) is 0 Å². The van der Waals surface area contributed by atoms with Crippen molar-refractivity contribution >= 4 is 15.2 Å². The molecule has 1 aliphatic rings. The van der Waals surface area contributed by atoms with Crippen LogP contribution in [0, 0.1) is 5.41 Å². The van der Waals surface area contributed by atoms with Gasteiger partial charge in [0.1, 0.15) is 0 Å². The summed E-state index contributed by atoms with van der Waals surface area (Å²) in [7, 11) is -2.37. The Bertz CT molecular complexity index is 1100. The molecule has 0 heterocycles. The van der Waals surface area contributed by atoms with Crippen molar-refractivity contribution in [3.63, 3.8) is 0 Å². The summed E-state index contributed by atoms with van der Waals surface area (Å²) in [4.78, 5) is 0.325. The molecule has 2 rings (SSSR count). The molecule has 0 fully saturated rings. The highest BCUT2D eigenvalue weighted by Crippen LogP contribution is 2.40.